The lowest BCUT2D eigenvalue weighted by Gasteiger charge is -2.23. The van der Waals surface area contributed by atoms with Crippen LogP contribution in [0.25, 0.3) is 0 Å². The summed E-state index contributed by atoms with van der Waals surface area (Å²) in [5.74, 6) is 0. The van der Waals surface area contributed by atoms with Gasteiger partial charge in [-0.1, -0.05) is 37.3 Å². The van der Waals surface area contributed by atoms with E-state index in [1.54, 1.807) is 0 Å². The second-order valence-corrected chi connectivity index (χ2v) is 4.74. The molecule has 0 amide bonds. The summed E-state index contributed by atoms with van der Waals surface area (Å²) in [6, 6.07) is 11.2. The summed E-state index contributed by atoms with van der Waals surface area (Å²) in [6.45, 7) is 4.14. The van der Waals surface area contributed by atoms with Gasteiger partial charge in [-0.2, -0.15) is 0 Å². The number of hydrogen-bond donors (Lipinski definition) is 1. The molecule has 0 saturated carbocycles. The lowest BCUT2D eigenvalue weighted by molar-refractivity contribution is 0.0762. The van der Waals surface area contributed by atoms with Crippen LogP contribution in [0.3, 0.4) is 0 Å². The van der Waals surface area contributed by atoms with Crippen LogP contribution in [-0.4, -0.2) is 25.3 Å². The van der Waals surface area contributed by atoms with Crippen LogP contribution in [-0.2, 0) is 11.2 Å². The van der Waals surface area contributed by atoms with Crippen molar-refractivity contribution in [1.29, 1.82) is 0 Å². The van der Waals surface area contributed by atoms with Crippen LogP contribution in [0.4, 0.5) is 0 Å². The van der Waals surface area contributed by atoms with E-state index in [-0.39, 0.29) is 0 Å². The van der Waals surface area contributed by atoms with E-state index < -0.39 is 0 Å². The third-order valence-corrected chi connectivity index (χ3v) is 3.47. The number of rotatable bonds is 6. The van der Waals surface area contributed by atoms with Crippen molar-refractivity contribution < 1.29 is 4.74 Å². The molecule has 17 heavy (non-hydrogen) atoms. The molecule has 0 spiro atoms. The fraction of sp³-hybridized carbons (Fsp3) is 0.600. The summed E-state index contributed by atoms with van der Waals surface area (Å²) in [7, 11) is 0. The molecular weight excluding hydrogens is 210 g/mol. The van der Waals surface area contributed by atoms with Gasteiger partial charge >= 0.3 is 0 Å². The Morgan fingerprint density at radius 2 is 2.18 bits per heavy atom. The zero-order valence-corrected chi connectivity index (χ0v) is 10.7. The summed E-state index contributed by atoms with van der Waals surface area (Å²) >= 11 is 0. The fourth-order valence-corrected chi connectivity index (χ4v) is 2.57. The van der Waals surface area contributed by atoms with Crippen molar-refractivity contribution in [2.75, 3.05) is 13.2 Å². The van der Waals surface area contributed by atoms with Gasteiger partial charge in [0.05, 0.1) is 6.10 Å². The van der Waals surface area contributed by atoms with E-state index in [0.29, 0.717) is 12.1 Å². The summed E-state index contributed by atoms with van der Waals surface area (Å²) in [4.78, 5) is 0. The molecule has 1 aromatic rings. The molecule has 0 bridgehead atoms. The Hall–Kier alpha value is -0.860. The number of likely N-dealkylation sites (N-methyl/N-ethyl adjacent to an activating group) is 1. The van der Waals surface area contributed by atoms with Gasteiger partial charge < -0.3 is 10.1 Å². The number of aryl methyl sites for hydroxylation is 1. The monoisotopic (exact) mass is 233 g/mol. The second-order valence-electron chi connectivity index (χ2n) is 4.74. The Labute approximate surface area is 104 Å². The van der Waals surface area contributed by atoms with Crippen molar-refractivity contribution in [2.24, 2.45) is 0 Å². The quantitative estimate of drug-likeness (QED) is 0.816. The van der Waals surface area contributed by atoms with Gasteiger partial charge in [0.15, 0.2) is 0 Å². The van der Waals surface area contributed by atoms with Crippen LogP contribution in [0.1, 0.15) is 31.7 Å². The van der Waals surface area contributed by atoms with Crippen molar-refractivity contribution in [3.8, 4) is 0 Å². The average Bonchev–Trinajstić information content (AvgIpc) is 2.89. The maximum atomic E-state index is 5.79. The van der Waals surface area contributed by atoms with Crippen LogP contribution in [0.5, 0.6) is 0 Å². The van der Waals surface area contributed by atoms with Crippen LogP contribution >= 0.6 is 0 Å². The van der Waals surface area contributed by atoms with E-state index in [9.17, 15) is 0 Å². The molecular formula is C15H23NO. The second kappa shape index (κ2) is 6.77. The molecule has 1 fully saturated rings. The van der Waals surface area contributed by atoms with Gasteiger partial charge in [-0.05, 0) is 37.8 Å². The first kappa shape index (κ1) is 12.6. The standard InChI is InChI=1S/C15H23NO/c1-2-16-14(15-9-6-12-17-15)11-10-13-7-4-3-5-8-13/h3-5,7-8,14-16H,2,6,9-12H2,1H3. The highest BCUT2D eigenvalue weighted by atomic mass is 16.5. The fourth-order valence-electron chi connectivity index (χ4n) is 2.57. The van der Waals surface area contributed by atoms with Crippen LogP contribution < -0.4 is 5.32 Å². The minimum Gasteiger partial charge on any atom is -0.377 e. The summed E-state index contributed by atoms with van der Waals surface area (Å²) < 4.78 is 5.79. The minimum atomic E-state index is 0.429. The normalized spacial score (nSPS) is 21.6. The first-order chi connectivity index (χ1) is 8.40. The Morgan fingerprint density at radius 3 is 2.82 bits per heavy atom. The molecule has 0 aliphatic carbocycles. The maximum absolute atomic E-state index is 5.79. The molecule has 1 aliphatic rings. The first-order valence-electron chi connectivity index (χ1n) is 6.79. The molecule has 0 radical (unpaired) electrons. The number of hydrogen-bond acceptors (Lipinski definition) is 2. The molecule has 2 rings (SSSR count). The maximum Gasteiger partial charge on any atom is 0.0728 e. The zero-order valence-electron chi connectivity index (χ0n) is 10.7. The van der Waals surface area contributed by atoms with E-state index >= 15 is 0 Å². The summed E-state index contributed by atoms with van der Waals surface area (Å²) in [6.07, 6.45) is 5.17. The topological polar surface area (TPSA) is 21.3 Å². The van der Waals surface area contributed by atoms with Crippen molar-refractivity contribution >= 4 is 0 Å². The number of ether oxygens (including phenoxy) is 1. The van der Waals surface area contributed by atoms with Crippen molar-refractivity contribution in [3.63, 3.8) is 0 Å². The van der Waals surface area contributed by atoms with Crippen LogP contribution in [0, 0.1) is 0 Å². The van der Waals surface area contributed by atoms with E-state index in [0.717, 1.165) is 19.6 Å². The highest BCUT2D eigenvalue weighted by Crippen LogP contribution is 2.19. The highest BCUT2D eigenvalue weighted by Gasteiger charge is 2.24. The van der Waals surface area contributed by atoms with Gasteiger partial charge in [0.2, 0.25) is 0 Å². The van der Waals surface area contributed by atoms with Crippen molar-refractivity contribution in [1.82, 2.24) is 5.32 Å². The molecule has 0 aromatic heterocycles. The first-order valence-corrected chi connectivity index (χ1v) is 6.79. The van der Waals surface area contributed by atoms with E-state index in [1.165, 1.54) is 24.8 Å². The van der Waals surface area contributed by atoms with Gasteiger partial charge in [0.25, 0.3) is 0 Å². The Kier molecular flexibility index (Phi) is 5.02. The molecule has 1 aliphatic heterocycles. The Balaban J connectivity index is 1.84. The van der Waals surface area contributed by atoms with E-state index in [2.05, 4.69) is 42.6 Å². The van der Waals surface area contributed by atoms with Crippen LogP contribution in [0.15, 0.2) is 30.3 Å². The third-order valence-electron chi connectivity index (χ3n) is 3.47. The van der Waals surface area contributed by atoms with Gasteiger partial charge in [-0.3, -0.25) is 0 Å². The molecule has 1 N–H and O–H groups in total. The molecule has 1 aromatic carbocycles. The molecule has 2 unspecified atom stereocenters. The highest BCUT2D eigenvalue weighted by molar-refractivity contribution is 5.14. The lowest BCUT2D eigenvalue weighted by atomic mass is 9.99. The predicted octanol–water partition coefficient (Wildman–Crippen LogP) is 2.78. The molecule has 2 heteroatoms. The smallest absolute Gasteiger partial charge is 0.0728 e. The molecule has 2 atom stereocenters. The average molecular weight is 233 g/mol. The van der Waals surface area contributed by atoms with E-state index in [1.807, 2.05) is 0 Å². The van der Waals surface area contributed by atoms with E-state index in [4.69, 9.17) is 4.74 Å². The van der Waals surface area contributed by atoms with Gasteiger partial charge in [0, 0.05) is 12.6 Å². The van der Waals surface area contributed by atoms with Crippen molar-refractivity contribution in [3.05, 3.63) is 35.9 Å². The van der Waals surface area contributed by atoms with Gasteiger partial charge in [-0.15, -0.1) is 0 Å². The summed E-state index contributed by atoms with van der Waals surface area (Å²) in [5.41, 5.74) is 1.42. The van der Waals surface area contributed by atoms with Crippen molar-refractivity contribution in [2.45, 2.75) is 44.8 Å². The van der Waals surface area contributed by atoms with Gasteiger partial charge in [-0.25, -0.2) is 0 Å². The third kappa shape index (κ3) is 3.83. The Bertz CT molecular complexity index is 306. The predicted molar refractivity (Wildman–Crippen MR) is 71.2 cm³/mol. The molecule has 1 saturated heterocycles. The molecule has 94 valence electrons. The molecule has 2 nitrogen and oxygen atoms in total. The van der Waals surface area contributed by atoms with Gasteiger partial charge in [0.1, 0.15) is 0 Å². The van der Waals surface area contributed by atoms with Crippen LogP contribution in [0.2, 0.25) is 0 Å². The molecule has 1 heterocycles. The number of nitrogens with one attached hydrogen (secondary N) is 1. The largest absolute Gasteiger partial charge is 0.377 e. The summed E-state index contributed by atoms with van der Waals surface area (Å²) in [5, 5.41) is 3.57. The lowest BCUT2D eigenvalue weighted by Crippen LogP contribution is -2.39. The zero-order chi connectivity index (χ0) is 11.9. The minimum absolute atomic E-state index is 0.429. The Morgan fingerprint density at radius 1 is 1.35 bits per heavy atom. The number of benzene rings is 1. The SMILES string of the molecule is CCNC(CCc1ccccc1)C1CCCO1.